The summed E-state index contributed by atoms with van der Waals surface area (Å²) < 4.78 is 48.6. The number of nitrogen functional groups attached to an aromatic ring is 1. The molecule has 11 heteroatoms. The summed E-state index contributed by atoms with van der Waals surface area (Å²) in [4.78, 5) is 14.2. The van der Waals surface area contributed by atoms with Gasteiger partial charge in [0.25, 0.3) is 0 Å². The molecule has 0 bridgehead atoms. The Morgan fingerprint density at radius 1 is 1.12 bits per heavy atom. The second-order valence-electron chi connectivity index (χ2n) is 12.0. The van der Waals surface area contributed by atoms with Crippen molar-refractivity contribution in [3.63, 3.8) is 0 Å². The average Bonchev–Trinajstić information content (AvgIpc) is 3.31. The molecule has 3 atom stereocenters. The number of nitrogens with two attached hydrogens (primary N) is 1. The molecule has 0 amide bonds. The van der Waals surface area contributed by atoms with E-state index in [1.165, 1.54) is 6.07 Å². The summed E-state index contributed by atoms with van der Waals surface area (Å²) in [6, 6.07) is 1.78. The molecular formula is C29H36ClF2N5O3. The lowest BCUT2D eigenvalue weighted by Crippen LogP contribution is -2.44. The van der Waals surface area contributed by atoms with Gasteiger partial charge in [0.1, 0.15) is 24.2 Å². The van der Waals surface area contributed by atoms with Crippen LogP contribution in [0.4, 0.5) is 20.3 Å². The van der Waals surface area contributed by atoms with Crippen LogP contribution < -0.4 is 15.4 Å². The fourth-order valence-corrected chi connectivity index (χ4v) is 7.96. The van der Waals surface area contributed by atoms with Crippen molar-refractivity contribution >= 4 is 23.1 Å². The Kier molecular flexibility index (Phi) is 6.80. The number of alkyl halides is 1. The van der Waals surface area contributed by atoms with E-state index >= 15 is 4.39 Å². The number of rotatable bonds is 4. The molecule has 5 heterocycles. The van der Waals surface area contributed by atoms with Crippen LogP contribution in [-0.2, 0) is 34.5 Å². The van der Waals surface area contributed by atoms with Crippen LogP contribution in [-0.4, -0.2) is 72.6 Å². The third-order valence-corrected chi connectivity index (χ3v) is 9.89. The third kappa shape index (κ3) is 4.42. The minimum Gasteiger partial charge on any atom is -0.461 e. The number of nitrogens with zero attached hydrogens (tertiary/aromatic N) is 4. The Labute approximate surface area is 238 Å². The SMILES string of the molecule is Nc1cc(Cl)c2c(c1F)[C@]1(CCC2)Cc2nc(OC[C@@]34CCCN3C[C@H](F)C4)nc(N3CCCOCC3)c2CO1. The van der Waals surface area contributed by atoms with Crippen molar-refractivity contribution in [2.75, 3.05) is 56.6 Å². The molecule has 1 aromatic carbocycles. The summed E-state index contributed by atoms with van der Waals surface area (Å²) in [7, 11) is 0. The molecule has 1 spiro atoms. The lowest BCUT2D eigenvalue weighted by molar-refractivity contribution is -0.0876. The summed E-state index contributed by atoms with van der Waals surface area (Å²) in [5.74, 6) is 0.318. The molecule has 1 aliphatic carbocycles. The van der Waals surface area contributed by atoms with Gasteiger partial charge in [-0.1, -0.05) is 11.6 Å². The van der Waals surface area contributed by atoms with Crippen molar-refractivity contribution in [1.29, 1.82) is 0 Å². The second kappa shape index (κ2) is 10.2. The Morgan fingerprint density at radius 2 is 2.02 bits per heavy atom. The van der Waals surface area contributed by atoms with Gasteiger partial charge < -0.3 is 24.8 Å². The van der Waals surface area contributed by atoms with E-state index in [1.54, 1.807) is 0 Å². The van der Waals surface area contributed by atoms with Crippen LogP contribution in [0.1, 0.15) is 60.9 Å². The normalized spacial score (nSPS) is 30.2. The Hall–Kier alpha value is -2.27. The van der Waals surface area contributed by atoms with Crippen molar-refractivity contribution in [2.45, 2.75) is 75.3 Å². The maximum absolute atomic E-state index is 15.6. The molecule has 2 aromatic rings. The first kappa shape index (κ1) is 26.6. The molecule has 7 rings (SSSR count). The van der Waals surface area contributed by atoms with Crippen molar-refractivity contribution < 1.29 is 23.0 Å². The molecule has 40 heavy (non-hydrogen) atoms. The number of hydrogen-bond donors (Lipinski definition) is 1. The van der Waals surface area contributed by atoms with Gasteiger partial charge in [-0.25, -0.2) is 8.78 Å². The predicted molar refractivity (Wildman–Crippen MR) is 147 cm³/mol. The molecule has 2 N–H and O–H groups in total. The molecule has 3 fully saturated rings. The summed E-state index contributed by atoms with van der Waals surface area (Å²) in [5.41, 5.74) is 7.75. The molecular weight excluding hydrogens is 540 g/mol. The van der Waals surface area contributed by atoms with Gasteiger partial charge in [0.2, 0.25) is 0 Å². The molecule has 0 unspecified atom stereocenters. The first-order chi connectivity index (χ1) is 19.4. The van der Waals surface area contributed by atoms with E-state index in [2.05, 4.69) is 9.80 Å². The number of hydrogen-bond acceptors (Lipinski definition) is 8. The van der Waals surface area contributed by atoms with Crippen LogP contribution in [0.5, 0.6) is 6.01 Å². The van der Waals surface area contributed by atoms with Gasteiger partial charge in [-0.05, 0) is 56.7 Å². The smallest absolute Gasteiger partial charge is 0.318 e. The molecule has 8 nitrogen and oxygen atoms in total. The molecule has 3 saturated heterocycles. The number of aromatic nitrogens is 2. The zero-order valence-corrected chi connectivity index (χ0v) is 23.4. The van der Waals surface area contributed by atoms with Crippen LogP contribution in [0.2, 0.25) is 5.02 Å². The molecule has 5 aliphatic rings. The van der Waals surface area contributed by atoms with E-state index in [9.17, 15) is 4.39 Å². The number of fused-ring (bicyclic) bond motifs is 4. The van der Waals surface area contributed by atoms with E-state index in [1.807, 2.05) is 0 Å². The standard InChI is InChI=1S/C29H36ClF2N5O3/c30-21-12-22(33)25(32)24-19(21)4-1-6-29(24)14-23-20(16-40-29)26(36-7-3-10-38-11-9-36)35-27(34-23)39-17-28-5-2-8-37(28)15-18(31)13-28/h12,18H,1-11,13-17,33H2/t18-,28+,29+/m1/s1. The van der Waals surface area contributed by atoms with Crippen molar-refractivity contribution in [3.05, 3.63) is 39.3 Å². The molecule has 4 aliphatic heterocycles. The highest BCUT2D eigenvalue weighted by molar-refractivity contribution is 6.31. The monoisotopic (exact) mass is 575 g/mol. The van der Waals surface area contributed by atoms with E-state index in [-0.39, 0.29) is 23.8 Å². The van der Waals surface area contributed by atoms with Crippen molar-refractivity contribution in [1.82, 2.24) is 14.9 Å². The van der Waals surface area contributed by atoms with Gasteiger partial charge in [-0.2, -0.15) is 9.97 Å². The molecule has 216 valence electrons. The van der Waals surface area contributed by atoms with Gasteiger partial charge >= 0.3 is 6.01 Å². The third-order valence-electron chi connectivity index (χ3n) is 9.56. The minimum atomic E-state index is -0.914. The Morgan fingerprint density at radius 3 is 2.92 bits per heavy atom. The first-order valence-electron chi connectivity index (χ1n) is 14.5. The largest absolute Gasteiger partial charge is 0.461 e. The number of anilines is 2. The number of ether oxygens (including phenoxy) is 3. The fraction of sp³-hybridized carbons (Fsp3) is 0.655. The quantitative estimate of drug-likeness (QED) is 0.539. The summed E-state index contributed by atoms with van der Waals surface area (Å²) >= 11 is 6.55. The van der Waals surface area contributed by atoms with Gasteiger partial charge in [-0.15, -0.1) is 0 Å². The number of benzene rings is 1. The van der Waals surface area contributed by atoms with Gasteiger partial charge in [0.15, 0.2) is 5.82 Å². The summed E-state index contributed by atoms with van der Waals surface area (Å²) in [6.45, 7) is 4.74. The van der Waals surface area contributed by atoms with E-state index in [4.69, 9.17) is 41.5 Å². The zero-order valence-electron chi connectivity index (χ0n) is 22.7. The summed E-state index contributed by atoms with van der Waals surface area (Å²) in [5, 5.41) is 0.474. The van der Waals surface area contributed by atoms with Gasteiger partial charge in [0.05, 0.1) is 30.1 Å². The first-order valence-corrected chi connectivity index (χ1v) is 14.9. The highest BCUT2D eigenvalue weighted by Gasteiger charge is 2.50. The van der Waals surface area contributed by atoms with Crippen molar-refractivity contribution in [2.24, 2.45) is 0 Å². The Bertz CT molecular complexity index is 1310. The van der Waals surface area contributed by atoms with Crippen LogP contribution in [0.25, 0.3) is 0 Å². The van der Waals surface area contributed by atoms with Crippen LogP contribution in [0.3, 0.4) is 0 Å². The van der Waals surface area contributed by atoms with Crippen LogP contribution in [0, 0.1) is 5.82 Å². The number of halogens is 3. The highest BCUT2D eigenvalue weighted by atomic mass is 35.5. The van der Waals surface area contributed by atoms with Crippen LogP contribution >= 0.6 is 11.6 Å². The summed E-state index contributed by atoms with van der Waals surface area (Å²) in [6.07, 6.45) is 4.97. The predicted octanol–water partition coefficient (Wildman–Crippen LogP) is 4.34. The van der Waals surface area contributed by atoms with E-state index in [0.717, 1.165) is 61.4 Å². The molecule has 0 saturated carbocycles. The lowest BCUT2D eigenvalue weighted by Gasteiger charge is -2.43. The topological polar surface area (TPSA) is 86.0 Å². The lowest BCUT2D eigenvalue weighted by atomic mass is 9.74. The highest BCUT2D eigenvalue weighted by Crippen LogP contribution is 2.49. The molecule has 1 aromatic heterocycles. The van der Waals surface area contributed by atoms with E-state index in [0.29, 0.717) is 69.2 Å². The molecule has 0 radical (unpaired) electrons. The maximum atomic E-state index is 15.6. The minimum absolute atomic E-state index is 0.0273. The fourth-order valence-electron chi connectivity index (χ4n) is 7.65. The van der Waals surface area contributed by atoms with Crippen molar-refractivity contribution in [3.8, 4) is 6.01 Å². The Balaban J connectivity index is 1.27. The van der Waals surface area contributed by atoms with E-state index < -0.39 is 17.6 Å². The average molecular weight is 576 g/mol. The maximum Gasteiger partial charge on any atom is 0.318 e. The van der Waals surface area contributed by atoms with Gasteiger partial charge in [0, 0.05) is 55.2 Å². The zero-order chi connectivity index (χ0) is 27.5. The second-order valence-corrected chi connectivity index (χ2v) is 12.4. The van der Waals surface area contributed by atoms with Gasteiger partial charge in [-0.3, -0.25) is 4.90 Å². The van der Waals surface area contributed by atoms with Crippen LogP contribution in [0.15, 0.2) is 6.07 Å².